The zero-order chi connectivity index (χ0) is 17.1. The molecule has 0 bridgehead atoms. The number of fused-ring (bicyclic) bond motifs is 1. The molecule has 2 heteroatoms. The molecule has 0 spiro atoms. The summed E-state index contributed by atoms with van der Waals surface area (Å²) in [5.74, 6) is 0. The van der Waals surface area contributed by atoms with Crippen molar-refractivity contribution in [3.63, 3.8) is 0 Å². The Morgan fingerprint density at radius 2 is 1.56 bits per heavy atom. The third kappa shape index (κ3) is 3.59. The van der Waals surface area contributed by atoms with E-state index in [-0.39, 0.29) is 0 Å². The molecule has 0 aliphatic carbocycles. The second kappa shape index (κ2) is 7.12. The van der Waals surface area contributed by atoms with Crippen LogP contribution in [0, 0.1) is 0 Å². The van der Waals surface area contributed by atoms with Gasteiger partial charge in [0, 0.05) is 31.5 Å². The Bertz CT molecular complexity index is 789. The van der Waals surface area contributed by atoms with E-state index in [0.717, 1.165) is 31.6 Å². The Labute approximate surface area is 150 Å². The summed E-state index contributed by atoms with van der Waals surface area (Å²) in [4.78, 5) is 5.00. The molecule has 0 N–H and O–H groups in total. The van der Waals surface area contributed by atoms with Crippen LogP contribution in [0.2, 0.25) is 0 Å². The van der Waals surface area contributed by atoms with Gasteiger partial charge in [0.2, 0.25) is 0 Å². The third-order valence-corrected chi connectivity index (χ3v) is 5.04. The number of hydrogen-bond donors (Lipinski definition) is 0. The van der Waals surface area contributed by atoms with Crippen molar-refractivity contribution in [2.45, 2.75) is 19.0 Å². The molecule has 2 aliphatic heterocycles. The molecule has 2 aromatic carbocycles. The minimum Gasteiger partial charge on any atom is -0.349 e. The monoisotopic (exact) mass is 328 g/mol. The predicted octanol–water partition coefficient (Wildman–Crippen LogP) is 4.38. The molecule has 1 unspecified atom stereocenters. The maximum atomic E-state index is 4.15. The Kier molecular flexibility index (Phi) is 4.53. The van der Waals surface area contributed by atoms with Crippen LogP contribution in [0.5, 0.6) is 0 Å². The van der Waals surface area contributed by atoms with Gasteiger partial charge in [0.1, 0.15) is 0 Å². The van der Waals surface area contributed by atoms with Gasteiger partial charge in [0.15, 0.2) is 0 Å². The summed E-state index contributed by atoms with van der Waals surface area (Å²) < 4.78 is 0. The molecular weight excluding hydrogens is 304 g/mol. The average Bonchev–Trinajstić information content (AvgIpc) is 2.65. The van der Waals surface area contributed by atoms with Gasteiger partial charge in [-0.25, -0.2) is 0 Å². The maximum absolute atomic E-state index is 4.15. The lowest BCUT2D eigenvalue weighted by atomic mass is 9.95. The van der Waals surface area contributed by atoms with E-state index in [4.69, 9.17) is 0 Å². The SMILES string of the molecule is C=C1C=CN2CCN(Cc3ccccc3)C(Cc3ccccc3)C2=C1. The van der Waals surface area contributed by atoms with Crippen LogP contribution < -0.4 is 0 Å². The highest BCUT2D eigenvalue weighted by Crippen LogP contribution is 2.29. The number of nitrogens with zero attached hydrogens (tertiary/aromatic N) is 2. The first kappa shape index (κ1) is 15.9. The van der Waals surface area contributed by atoms with E-state index in [2.05, 4.69) is 95.4 Å². The summed E-state index contributed by atoms with van der Waals surface area (Å²) in [7, 11) is 0. The van der Waals surface area contributed by atoms with Crippen molar-refractivity contribution in [1.82, 2.24) is 9.80 Å². The van der Waals surface area contributed by atoms with E-state index in [1.54, 1.807) is 0 Å². The van der Waals surface area contributed by atoms with Crippen LogP contribution in [-0.2, 0) is 13.0 Å². The first-order chi connectivity index (χ1) is 12.3. The van der Waals surface area contributed by atoms with Gasteiger partial charge in [-0.2, -0.15) is 0 Å². The Morgan fingerprint density at radius 3 is 2.28 bits per heavy atom. The number of piperazine rings is 1. The predicted molar refractivity (Wildman–Crippen MR) is 104 cm³/mol. The maximum Gasteiger partial charge on any atom is 0.0545 e. The van der Waals surface area contributed by atoms with E-state index in [9.17, 15) is 0 Å². The minimum absolute atomic E-state index is 0.373. The van der Waals surface area contributed by atoms with Crippen LogP contribution in [-0.4, -0.2) is 28.9 Å². The Hall–Kier alpha value is -2.58. The normalized spacial score (nSPS) is 20.3. The Morgan fingerprint density at radius 1 is 0.880 bits per heavy atom. The second-order valence-electron chi connectivity index (χ2n) is 6.81. The number of hydrogen-bond acceptors (Lipinski definition) is 2. The molecule has 2 aromatic rings. The smallest absolute Gasteiger partial charge is 0.0545 e. The average molecular weight is 328 g/mol. The molecule has 1 saturated heterocycles. The first-order valence-electron chi connectivity index (χ1n) is 8.97. The highest BCUT2D eigenvalue weighted by atomic mass is 15.3. The van der Waals surface area contributed by atoms with Crippen molar-refractivity contribution in [3.05, 3.63) is 108 Å². The van der Waals surface area contributed by atoms with E-state index in [1.807, 2.05) is 0 Å². The van der Waals surface area contributed by atoms with Crippen molar-refractivity contribution in [3.8, 4) is 0 Å². The molecule has 2 aliphatic rings. The molecular formula is C23H24N2. The lowest BCUT2D eigenvalue weighted by Gasteiger charge is -2.44. The van der Waals surface area contributed by atoms with Crippen LogP contribution in [0.25, 0.3) is 0 Å². The fourth-order valence-electron chi connectivity index (χ4n) is 3.74. The standard InChI is InChI=1S/C23H24N2/c1-19-12-13-24-14-15-25(18-21-10-6-3-7-11-21)23(22(24)16-19)17-20-8-4-2-5-9-20/h2-13,16,23H,1,14-15,17-18H2. The molecule has 0 radical (unpaired) electrons. The number of allylic oxidation sites excluding steroid dienone is 3. The fraction of sp³-hybridized carbons (Fsp3) is 0.217. The van der Waals surface area contributed by atoms with Gasteiger partial charge in [-0.15, -0.1) is 0 Å². The highest BCUT2D eigenvalue weighted by molar-refractivity contribution is 5.39. The Balaban J connectivity index is 1.63. The molecule has 126 valence electrons. The molecule has 1 atom stereocenters. The summed E-state index contributed by atoms with van der Waals surface area (Å²) >= 11 is 0. The summed E-state index contributed by atoms with van der Waals surface area (Å²) in [5.41, 5.74) is 5.22. The number of rotatable bonds is 4. The molecule has 2 heterocycles. The van der Waals surface area contributed by atoms with E-state index in [1.165, 1.54) is 16.8 Å². The van der Waals surface area contributed by atoms with Gasteiger partial charge in [0.25, 0.3) is 0 Å². The van der Waals surface area contributed by atoms with E-state index in [0.29, 0.717) is 6.04 Å². The van der Waals surface area contributed by atoms with Gasteiger partial charge < -0.3 is 4.90 Å². The zero-order valence-corrected chi connectivity index (χ0v) is 14.5. The lowest BCUT2D eigenvalue weighted by Crippen LogP contribution is -2.50. The molecule has 0 saturated carbocycles. The number of benzene rings is 2. The minimum atomic E-state index is 0.373. The fourth-order valence-corrected chi connectivity index (χ4v) is 3.74. The molecule has 25 heavy (non-hydrogen) atoms. The summed E-state index contributed by atoms with van der Waals surface area (Å²) in [6.07, 6.45) is 7.58. The van der Waals surface area contributed by atoms with Gasteiger partial charge >= 0.3 is 0 Å². The highest BCUT2D eigenvalue weighted by Gasteiger charge is 2.31. The van der Waals surface area contributed by atoms with Gasteiger partial charge in [0.05, 0.1) is 6.04 Å². The molecule has 1 fully saturated rings. The van der Waals surface area contributed by atoms with Crippen LogP contribution in [0.1, 0.15) is 11.1 Å². The van der Waals surface area contributed by atoms with Crippen LogP contribution in [0.15, 0.2) is 96.9 Å². The third-order valence-electron chi connectivity index (χ3n) is 5.04. The first-order valence-corrected chi connectivity index (χ1v) is 8.97. The zero-order valence-electron chi connectivity index (χ0n) is 14.5. The second-order valence-corrected chi connectivity index (χ2v) is 6.81. The van der Waals surface area contributed by atoms with Crippen molar-refractivity contribution >= 4 is 0 Å². The van der Waals surface area contributed by atoms with Gasteiger partial charge in [-0.1, -0.05) is 67.2 Å². The lowest BCUT2D eigenvalue weighted by molar-refractivity contribution is 0.134. The van der Waals surface area contributed by atoms with Gasteiger partial charge in [-0.05, 0) is 35.3 Å². The van der Waals surface area contributed by atoms with Crippen LogP contribution in [0.3, 0.4) is 0 Å². The topological polar surface area (TPSA) is 6.48 Å². The molecule has 0 amide bonds. The van der Waals surface area contributed by atoms with E-state index < -0.39 is 0 Å². The van der Waals surface area contributed by atoms with Crippen molar-refractivity contribution in [2.75, 3.05) is 13.1 Å². The summed E-state index contributed by atoms with van der Waals surface area (Å²) in [6, 6.07) is 22.0. The van der Waals surface area contributed by atoms with Crippen molar-refractivity contribution < 1.29 is 0 Å². The summed E-state index contributed by atoms with van der Waals surface area (Å²) in [6.45, 7) is 7.24. The molecule has 2 nitrogen and oxygen atoms in total. The van der Waals surface area contributed by atoms with E-state index >= 15 is 0 Å². The largest absolute Gasteiger partial charge is 0.349 e. The van der Waals surface area contributed by atoms with Crippen molar-refractivity contribution in [1.29, 1.82) is 0 Å². The molecule has 0 aromatic heterocycles. The van der Waals surface area contributed by atoms with Crippen LogP contribution in [0.4, 0.5) is 0 Å². The van der Waals surface area contributed by atoms with Crippen molar-refractivity contribution in [2.24, 2.45) is 0 Å². The van der Waals surface area contributed by atoms with Crippen LogP contribution >= 0.6 is 0 Å². The summed E-state index contributed by atoms with van der Waals surface area (Å²) in [5, 5.41) is 0. The quantitative estimate of drug-likeness (QED) is 0.821. The molecule has 4 rings (SSSR count). The van der Waals surface area contributed by atoms with Gasteiger partial charge in [-0.3, -0.25) is 4.90 Å².